The predicted molar refractivity (Wildman–Crippen MR) is 92.0 cm³/mol. The summed E-state index contributed by atoms with van der Waals surface area (Å²) < 4.78 is 9.83. The van der Waals surface area contributed by atoms with Gasteiger partial charge in [0.1, 0.15) is 6.61 Å². The van der Waals surface area contributed by atoms with Crippen LogP contribution < -0.4 is 0 Å². The minimum atomic E-state index is -0.888. The van der Waals surface area contributed by atoms with E-state index in [9.17, 15) is 14.7 Å². The number of hydrogen-bond acceptors (Lipinski definition) is 5. The Morgan fingerprint density at radius 3 is 2.32 bits per heavy atom. The van der Waals surface area contributed by atoms with Crippen LogP contribution in [0, 0.1) is 0 Å². The van der Waals surface area contributed by atoms with E-state index in [1.54, 1.807) is 31.3 Å². The van der Waals surface area contributed by atoms with Crippen LogP contribution in [0.15, 0.2) is 54.6 Å². The molecule has 6 heteroatoms. The highest BCUT2D eigenvalue weighted by molar-refractivity contribution is 5.89. The van der Waals surface area contributed by atoms with Gasteiger partial charge in [0.2, 0.25) is 0 Å². The quantitative estimate of drug-likeness (QED) is 0.816. The highest BCUT2D eigenvalue weighted by Gasteiger charge is 2.17. The third-order valence-corrected chi connectivity index (χ3v) is 3.68. The molecular formula is C19H21NO5. The predicted octanol–water partition coefficient (Wildman–Crippen LogP) is 2.78. The van der Waals surface area contributed by atoms with Crippen LogP contribution in [-0.4, -0.2) is 42.8 Å². The first-order valence-electron chi connectivity index (χ1n) is 7.79. The summed E-state index contributed by atoms with van der Waals surface area (Å²) in [5.41, 5.74) is 1.88. The second kappa shape index (κ2) is 8.84. The number of rotatable bonds is 6. The van der Waals surface area contributed by atoms with Crippen LogP contribution in [0.4, 0.5) is 4.79 Å². The van der Waals surface area contributed by atoms with Gasteiger partial charge in [0, 0.05) is 7.05 Å². The largest absolute Gasteiger partial charge is 0.465 e. The van der Waals surface area contributed by atoms with Crippen LogP contribution in [0.25, 0.3) is 0 Å². The maximum atomic E-state index is 12.0. The van der Waals surface area contributed by atoms with Gasteiger partial charge in [0.15, 0.2) is 0 Å². The van der Waals surface area contributed by atoms with Crippen molar-refractivity contribution >= 4 is 12.1 Å². The lowest BCUT2D eigenvalue weighted by Crippen LogP contribution is -2.31. The van der Waals surface area contributed by atoms with Crippen molar-refractivity contribution in [2.24, 2.45) is 0 Å². The number of nitrogens with zero attached hydrogens (tertiary/aromatic N) is 1. The number of aliphatic hydroxyl groups excluding tert-OH is 1. The van der Waals surface area contributed by atoms with E-state index in [-0.39, 0.29) is 13.2 Å². The van der Waals surface area contributed by atoms with Gasteiger partial charge >= 0.3 is 12.1 Å². The number of benzene rings is 2. The third-order valence-electron chi connectivity index (χ3n) is 3.68. The molecule has 0 radical (unpaired) electrons. The first-order chi connectivity index (χ1) is 12.0. The molecule has 0 aromatic heterocycles. The van der Waals surface area contributed by atoms with Crippen LogP contribution in [0.1, 0.15) is 27.6 Å². The van der Waals surface area contributed by atoms with Crippen LogP contribution in [0.2, 0.25) is 0 Å². The number of carbonyl (C=O) groups is 2. The molecule has 0 aliphatic heterocycles. The Hall–Kier alpha value is -2.86. The number of methoxy groups -OCH3 is 1. The fourth-order valence-corrected chi connectivity index (χ4v) is 2.23. The standard InChI is InChI=1S/C19H21NO5/c1-20(19(23)25-13-14-6-4-3-5-7-14)12-17(21)15-8-10-16(11-9-15)18(22)24-2/h3-11,17,21H,12-13H2,1-2H3. The van der Waals surface area contributed by atoms with Gasteiger partial charge in [-0.1, -0.05) is 42.5 Å². The van der Waals surface area contributed by atoms with Crippen molar-refractivity contribution in [3.05, 3.63) is 71.3 Å². The lowest BCUT2D eigenvalue weighted by atomic mass is 10.1. The maximum Gasteiger partial charge on any atom is 0.409 e. The molecule has 25 heavy (non-hydrogen) atoms. The topological polar surface area (TPSA) is 76.1 Å². The molecule has 0 aliphatic carbocycles. The zero-order chi connectivity index (χ0) is 18.2. The Labute approximate surface area is 146 Å². The molecule has 0 aliphatic rings. The van der Waals surface area contributed by atoms with Crippen LogP contribution in [0.5, 0.6) is 0 Å². The highest BCUT2D eigenvalue weighted by atomic mass is 16.6. The maximum absolute atomic E-state index is 12.0. The lowest BCUT2D eigenvalue weighted by molar-refractivity contribution is 0.0600. The molecule has 0 saturated carbocycles. The fraction of sp³-hybridized carbons (Fsp3) is 0.263. The number of carbonyl (C=O) groups excluding carboxylic acids is 2. The van der Waals surface area contributed by atoms with E-state index >= 15 is 0 Å². The monoisotopic (exact) mass is 343 g/mol. The Balaban J connectivity index is 1.87. The molecule has 0 fully saturated rings. The van der Waals surface area contributed by atoms with E-state index in [4.69, 9.17) is 4.74 Å². The Bertz CT molecular complexity index is 700. The van der Waals surface area contributed by atoms with Gasteiger partial charge in [-0.25, -0.2) is 9.59 Å². The minimum absolute atomic E-state index is 0.0746. The van der Waals surface area contributed by atoms with E-state index in [2.05, 4.69) is 4.74 Å². The first-order valence-corrected chi connectivity index (χ1v) is 7.79. The zero-order valence-electron chi connectivity index (χ0n) is 14.2. The molecule has 0 bridgehead atoms. The van der Waals surface area contributed by atoms with E-state index in [0.29, 0.717) is 11.1 Å². The SMILES string of the molecule is COC(=O)c1ccc(C(O)CN(C)C(=O)OCc2ccccc2)cc1. The summed E-state index contributed by atoms with van der Waals surface area (Å²) in [6.45, 7) is 0.249. The number of aliphatic hydroxyl groups is 1. The molecule has 0 spiro atoms. The highest BCUT2D eigenvalue weighted by Crippen LogP contribution is 2.16. The van der Waals surface area contributed by atoms with Crippen molar-refractivity contribution in [2.75, 3.05) is 20.7 Å². The average Bonchev–Trinajstić information content (AvgIpc) is 2.66. The van der Waals surface area contributed by atoms with Crippen molar-refractivity contribution in [1.82, 2.24) is 4.90 Å². The van der Waals surface area contributed by atoms with E-state index < -0.39 is 18.2 Å². The van der Waals surface area contributed by atoms with E-state index in [1.807, 2.05) is 30.3 Å². The molecular weight excluding hydrogens is 322 g/mol. The number of likely N-dealkylation sites (N-methyl/N-ethyl adjacent to an activating group) is 1. The zero-order valence-corrected chi connectivity index (χ0v) is 14.2. The smallest absolute Gasteiger partial charge is 0.409 e. The number of esters is 1. The molecule has 1 unspecified atom stereocenters. The number of hydrogen-bond donors (Lipinski definition) is 1. The Morgan fingerprint density at radius 1 is 1.08 bits per heavy atom. The first kappa shape index (κ1) is 18.5. The van der Waals surface area contributed by atoms with E-state index in [1.165, 1.54) is 12.0 Å². The Morgan fingerprint density at radius 2 is 1.72 bits per heavy atom. The average molecular weight is 343 g/mol. The van der Waals surface area contributed by atoms with Gasteiger partial charge in [-0.15, -0.1) is 0 Å². The van der Waals surface area contributed by atoms with E-state index in [0.717, 1.165) is 5.56 Å². The van der Waals surface area contributed by atoms with Crippen molar-refractivity contribution in [2.45, 2.75) is 12.7 Å². The molecule has 0 heterocycles. The van der Waals surface area contributed by atoms with Gasteiger partial charge in [-0.3, -0.25) is 0 Å². The molecule has 0 saturated heterocycles. The molecule has 2 rings (SSSR count). The van der Waals surface area contributed by atoms with Gasteiger partial charge in [0.25, 0.3) is 0 Å². The summed E-state index contributed by atoms with van der Waals surface area (Å²) >= 11 is 0. The van der Waals surface area contributed by atoms with Gasteiger partial charge < -0.3 is 19.5 Å². The normalized spacial score (nSPS) is 11.5. The molecule has 1 amide bonds. The van der Waals surface area contributed by atoms with Crippen molar-refractivity contribution < 1.29 is 24.2 Å². The summed E-state index contributed by atoms with van der Waals surface area (Å²) in [5, 5.41) is 10.2. The second-order valence-corrected chi connectivity index (χ2v) is 5.55. The summed E-state index contributed by atoms with van der Waals surface area (Å²) in [4.78, 5) is 24.7. The summed E-state index contributed by atoms with van der Waals surface area (Å²) in [6, 6.07) is 15.7. The minimum Gasteiger partial charge on any atom is -0.465 e. The molecule has 1 atom stereocenters. The third kappa shape index (κ3) is 5.32. The van der Waals surface area contributed by atoms with Gasteiger partial charge in [-0.05, 0) is 23.3 Å². The lowest BCUT2D eigenvalue weighted by Gasteiger charge is -2.21. The van der Waals surface area contributed by atoms with Crippen LogP contribution in [0.3, 0.4) is 0 Å². The van der Waals surface area contributed by atoms with Crippen LogP contribution >= 0.6 is 0 Å². The van der Waals surface area contributed by atoms with Gasteiger partial charge in [-0.2, -0.15) is 0 Å². The second-order valence-electron chi connectivity index (χ2n) is 5.55. The van der Waals surface area contributed by atoms with Crippen LogP contribution in [-0.2, 0) is 16.1 Å². The van der Waals surface area contributed by atoms with Gasteiger partial charge in [0.05, 0.1) is 25.3 Å². The van der Waals surface area contributed by atoms with Crippen molar-refractivity contribution in [3.63, 3.8) is 0 Å². The summed E-state index contributed by atoms with van der Waals surface area (Å²) in [5.74, 6) is -0.442. The molecule has 132 valence electrons. The summed E-state index contributed by atoms with van der Waals surface area (Å²) in [7, 11) is 2.86. The molecule has 1 N–H and O–H groups in total. The van der Waals surface area contributed by atoms with Crippen molar-refractivity contribution in [3.8, 4) is 0 Å². The number of amides is 1. The molecule has 6 nitrogen and oxygen atoms in total. The summed E-state index contributed by atoms with van der Waals surface area (Å²) in [6.07, 6.45) is -1.41. The van der Waals surface area contributed by atoms with Crippen molar-refractivity contribution in [1.29, 1.82) is 0 Å². The molecule has 2 aromatic carbocycles. The Kier molecular flexibility index (Phi) is 6.54. The number of ether oxygens (including phenoxy) is 2. The molecule has 2 aromatic rings. The fourth-order valence-electron chi connectivity index (χ4n) is 2.23.